The minimum Gasteiger partial charge on any atom is -0.497 e. The average molecular weight is 357 g/mol. The lowest BCUT2D eigenvalue weighted by Gasteiger charge is -2.10. The maximum Gasteiger partial charge on any atom is 0.257 e. The first-order valence-corrected chi connectivity index (χ1v) is 6.61. The number of halogens is 3. The van der Waals surface area contributed by atoms with Crippen molar-refractivity contribution in [1.82, 2.24) is 0 Å². The number of methoxy groups -OCH3 is 1. The molecule has 21 heavy (non-hydrogen) atoms. The van der Waals surface area contributed by atoms with Crippen LogP contribution in [0.25, 0.3) is 0 Å². The molecule has 0 saturated heterocycles. The van der Waals surface area contributed by atoms with Crippen LogP contribution in [-0.2, 0) is 0 Å². The van der Waals surface area contributed by atoms with Gasteiger partial charge < -0.3 is 15.8 Å². The van der Waals surface area contributed by atoms with E-state index in [4.69, 9.17) is 10.5 Å². The Hall–Kier alpha value is -2.15. The molecule has 0 aliphatic heterocycles. The molecule has 0 saturated carbocycles. The van der Waals surface area contributed by atoms with Crippen molar-refractivity contribution in [3.63, 3.8) is 0 Å². The van der Waals surface area contributed by atoms with Gasteiger partial charge in [0.15, 0.2) is 11.6 Å². The average Bonchev–Trinajstić information content (AvgIpc) is 2.42. The van der Waals surface area contributed by atoms with E-state index < -0.39 is 23.2 Å². The lowest BCUT2D eigenvalue weighted by molar-refractivity contribution is 0.102. The molecule has 0 bridgehead atoms. The highest BCUT2D eigenvalue weighted by atomic mass is 79.9. The van der Waals surface area contributed by atoms with Crippen molar-refractivity contribution in [2.75, 3.05) is 18.2 Å². The zero-order valence-electron chi connectivity index (χ0n) is 10.9. The molecule has 0 radical (unpaired) electrons. The standard InChI is InChI=1S/C14H11BrF2N2O2/c1-21-8-2-3-9(12(18)6-8)14(20)19-13-10(16)4-7(15)5-11(13)17/h2-6H,18H2,1H3,(H,19,20). The number of nitrogen functional groups attached to an aromatic ring is 1. The molecule has 7 heteroatoms. The van der Waals surface area contributed by atoms with E-state index in [0.29, 0.717) is 5.75 Å². The third-order valence-corrected chi connectivity index (χ3v) is 3.21. The molecule has 2 rings (SSSR count). The summed E-state index contributed by atoms with van der Waals surface area (Å²) in [5.41, 5.74) is 5.42. The number of carbonyl (C=O) groups is 1. The SMILES string of the molecule is COc1ccc(C(=O)Nc2c(F)cc(Br)cc2F)c(N)c1. The van der Waals surface area contributed by atoms with E-state index >= 15 is 0 Å². The fourth-order valence-corrected chi connectivity index (χ4v) is 2.12. The van der Waals surface area contributed by atoms with Crippen LogP contribution in [0, 0.1) is 11.6 Å². The van der Waals surface area contributed by atoms with Crippen molar-refractivity contribution < 1.29 is 18.3 Å². The van der Waals surface area contributed by atoms with Crippen LogP contribution < -0.4 is 15.8 Å². The summed E-state index contributed by atoms with van der Waals surface area (Å²) in [5.74, 6) is -2.01. The Balaban J connectivity index is 2.30. The molecular formula is C14H11BrF2N2O2. The minimum atomic E-state index is -0.887. The molecule has 0 aliphatic rings. The van der Waals surface area contributed by atoms with Gasteiger partial charge in [0.05, 0.1) is 12.7 Å². The minimum absolute atomic E-state index is 0.0949. The van der Waals surface area contributed by atoms with Crippen LogP contribution in [0.4, 0.5) is 20.2 Å². The molecule has 0 spiro atoms. The molecule has 0 unspecified atom stereocenters. The number of nitrogens with one attached hydrogen (secondary N) is 1. The van der Waals surface area contributed by atoms with Crippen LogP contribution in [0.15, 0.2) is 34.8 Å². The molecule has 0 fully saturated rings. The zero-order valence-corrected chi connectivity index (χ0v) is 12.5. The van der Waals surface area contributed by atoms with Gasteiger partial charge in [0.1, 0.15) is 11.4 Å². The van der Waals surface area contributed by atoms with Crippen LogP contribution in [0.2, 0.25) is 0 Å². The third kappa shape index (κ3) is 3.30. The van der Waals surface area contributed by atoms with Gasteiger partial charge in [-0.2, -0.15) is 0 Å². The normalized spacial score (nSPS) is 10.3. The maximum absolute atomic E-state index is 13.7. The Morgan fingerprint density at radius 3 is 2.38 bits per heavy atom. The monoisotopic (exact) mass is 356 g/mol. The summed E-state index contributed by atoms with van der Waals surface area (Å²) in [7, 11) is 1.46. The molecular weight excluding hydrogens is 346 g/mol. The first-order chi connectivity index (χ1) is 9.92. The maximum atomic E-state index is 13.7. The summed E-state index contributed by atoms with van der Waals surface area (Å²) in [6.45, 7) is 0. The predicted molar refractivity (Wildman–Crippen MR) is 79.4 cm³/mol. The molecule has 1 amide bonds. The fraction of sp³-hybridized carbons (Fsp3) is 0.0714. The Labute approximate surface area is 128 Å². The van der Waals surface area contributed by atoms with Crippen molar-refractivity contribution in [2.24, 2.45) is 0 Å². The van der Waals surface area contributed by atoms with Gasteiger partial charge >= 0.3 is 0 Å². The number of benzene rings is 2. The van der Waals surface area contributed by atoms with E-state index in [1.807, 2.05) is 0 Å². The second-order valence-electron chi connectivity index (χ2n) is 4.15. The summed E-state index contributed by atoms with van der Waals surface area (Å²) < 4.78 is 32.5. The summed E-state index contributed by atoms with van der Waals surface area (Å²) in [6.07, 6.45) is 0. The van der Waals surface area contributed by atoms with Gasteiger partial charge in [0.2, 0.25) is 0 Å². The highest BCUT2D eigenvalue weighted by Gasteiger charge is 2.16. The van der Waals surface area contributed by atoms with E-state index in [-0.39, 0.29) is 15.7 Å². The quantitative estimate of drug-likeness (QED) is 0.826. The molecule has 4 nitrogen and oxygen atoms in total. The van der Waals surface area contributed by atoms with E-state index in [2.05, 4.69) is 21.2 Å². The molecule has 0 aromatic heterocycles. The van der Waals surface area contributed by atoms with Gasteiger partial charge in [-0.25, -0.2) is 8.78 Å². The van der Waals surface area contributed by atoms with Gasteiger partial charge in [-0.3, -0.25) is 4.79 Å². The number of ether oxygens (including phenoxy) is 1. The van der Waals surface area contributed by atoms with Crippen molar-refractivity contribution in [2.45, 2.75) is 0 Å². The van der Waals surface area contributed by atoms with Crippen molar-refractivity contribution in [3.8, 4) is 5.75 Å². The number of carbonyl (C=O) groups excluding carboxylic acids is 1. The van der Waals surface area contributed by atoms with Gasteiger partial charge in [0, 0.05) is 16.2 Å². The van der Waals surface area contributed by atoms with E-state index in [1.54, 1.807) is 0 Å². The topological polar surface area (TPSA) is 64.3 Å². The first-order valence-electron chi connectivity index (χ1n) is 5.81. The highest BCUT2D eigenvalue weighted by Crippen LogP contribution is 2.26. The van der Waals surface area contributed by atoms with Crippen LogP contribution >= 0.6 is 15.9 Å². The van der Waals surface area contributed by atoms with Crippen LogP contribution in [0.1, 0.15) is 10.4 Å². The number of amides is 1. The molecule has 2 aromatic rings. The second-order valence-corrected chi connectivity index (χ2v) is 5.07. The number of nitrogens with two attached hydrogens (primary N) is 1. The van der Waals surface area contributed by atoms with Crippen molar-refractivity contribution in [3.05, 3.63) is 52.0 Å². The lowest BCUT2D eigenvalue weighted by Crippen LogP contribution is -2.16. The summed E-state index contributed by atoms with van der Waals surface area (Å²) >= 11 is 2.96. The van der Waals surface area contributed by atoms with E-state index in [1.165, 1.54) is 25.3 Å². The lowest BCUT2D eigenvalue weighted by atomic mass is 10.1. The van der Waals surface area contributed by atoms with Crippen molar-refractivity contribution >= 4 is 33.2 Å². The Bertz CT molecular complexity index is 684. The summed E-state index contributed by atoms with van der Waals surface area (Å²) in [4.78, 5) is 12.0. The largest absolute Gasteiger partial charge is 0.497 e. The summed E-state index contributed by atoms with van der Waals surface area (Å²) in [5, 5.41) is 2.17. The van der Waals surface area contributed by atoms with Crippen molar-refractivity contribution in [1.29, 1.82) is 0 Å². The molecule has 110 valence electrons. The number of hydrogen-bond donors (Lipinski definition) is 2. The Morgan fingerprint density at radius 2 is 1.86 bits per heavy atom. The van der Waals surface area contributed by atoms with Gasteiger partial charge in [-0.05, 0) is 24.3 Å². The molecule has 0 aliphatic carbocycles. The highest BCUT2D eigenvalue weighted by molar-refractivity contribution is 9.10. The summed E-state index contributed by atoms with van der Waals surface area (Å²) in [6, 6.07) is 6.49. The molecule has 0 atom stereocenters. The third-order valence-electron chi connectivity index (χ3n) is 2.75. The second kappa shape index (κ2) is 6.09. The smallest absolute Gasteiger partial charge is 0.257 e. The number of anilines is 2. The van der Waals surface area contributed by atoms with Gasteiger partial charge in [-0.15, -0.1) is 0 Å². The predicted octanol–water partition coefficient (Wildman–Crippen LogP) is 3.57. The van der Waals surface area contributed by atoms with E-state index in [9.17, 15) is 13.6 Å². The fourth-order valence-electron chi connectivity index (χ4n) is 1.72. The van der Waals surface area contributed by atoms with Gasteiger partial charge in [0.25, 0.3) is 5.91 Å². The van der Waals surface area contributed by atoms with Crippen LogP contribution in [0.3, 0.4) is 0 Å². The van der Waals surface area contributed by atoms with Gasteiger partial charge in [-0.1, -0.05) is 15.9 Å². The molecule has 0 heterocycles. The first kappa shape index (κ1) is 15.2. The van der Waals surface area contributed by atoms with Crippen LogP contribution in [-0.4, -0.2) is 13.0 Å². The Morgan fingerprint density at radius 1 is 1.24 bits per heavy atom. The number of hydrogen-bond acceptors (Lipinski definition) is 3. The molecule has 3 N–H and O–H groups in total. The number of rotatable bonds is 3. The zero-order chi connectivity index (χ0) is 15.6. The van der Waals surface area contributed by atoms with E-state index in [0.717, 1.165) is 12.1 Å². The van der Waals surface area contributed by atoms with Crippen LogP contribution in [0.5, 0.6) is 5.75 Å². The molecule has 2 aromatic carbocycles. The Kier molecular flexibility index (Phi) is 4.42.